The fourth-order valence-electron chi connectivity index (χ4n) is 3.37. The molecule has 1 N–H and O–H groups in total. The van der Waals surface area contributed by atoms with Gasteiger partial charge in [0.1, 0.15) is 12.4 Å². The van der Waals surface area contributed by atoms with E-state index in [1.807, 2.05) is 53.1 Å². The molecule has 0 fully saturated rings. The van der Waals surface area contributed by atoms with Gasteiger partial charge in [0.15, 0.2) is 11.5 Å². The number of hydrogen-bond acceptors (Lipinski definition) is 4. The first kappa shape index (κ1) is 17.8. The number of aromatic nitrogens is 2. The molecule has 144 valence electrons. The highest BCUT2D eigenvalue weighted by Gasteiger charge is 2.17. The Kier molecular flexibility index (Phi) is 4.44. The Morgan fingerprint density at radius 2 is 1.83 bits per heavy atom. The molecule has 0 bridgehead atoms. The third-order valence-electron chi connectivity index (χ3n) is 4.72. The summed E-state index contributed by atoms with van der Waals surface area (Å²) in [6.07, 6.45) is 0. The van der Waals surface area contributed by atoms with Crippen molar-refractivity contribution in [3.8, 4) is 22.9 Å². The molecule has 3 aromatic carbocycles. The van der Waals surface area contributed by atoms with Crippen LogP contribution in [-0.2, 0) is 11.3 Å². The second-order valence-corrected chi connectivity index (χ2v) is 7.55. The topological polar surface area (TPSA) is 65.4 Å². The lowest BCUT2D eigenvalue weighted by Gasteiger charge is -2.11. The number of para-hydroxylation sites is 2. The molecule has 0 radical (unpaired) electrons. The van der Waals surface area contributed by atoms with Gasteiger partial charge in [-0.2, -0.15) is 0 Å². The van der Waals surface area contributed by atoms with E-state index in [4.69, 9.17) is 14.5 Å². The lowest BCUT2D eigenvalue weighted by molar-refractivity contribution is -0.116. The summed E-state index contributed by atoms with van der Waals surface area (Å²) < 4.78 is 13.6. The molecule has 29 heavy (non-hydrogen) atoms. The van der Waals surface area contributed by atoms with Crippen molar-refractivity contribution in [2.75, 3.05) is 12.1 Å². The zero-order valence-corrected chi connectivity index (χ0v) is 16.8. The van der Waals surface area contributed by atoms with E-state index >= 15 is 0 Å². The fraction of sp³-hybridized carbons (Fsp3) is 0.0909. The van der Waals surface area contributed by atoms with Crippen LogP contribution < -0.4 is 14.8 Å². The highest BCUT2D eigenvalue weighted by atomic mass is 79.9. The van der Waals surface area contributed by atoms with Gasteiger partial charge in [-0.15, -0.1) is 0 Å². The van der Waals surface area contributed by atoms with Crippen LogP contribution in [0.1, 0.15) is 0 Å². The van der Waals surface area contributed by atoms with E-state index in [1.54, 1.807) is 18.2 Å². The van der Waals surface area contributed by atoms with Crippen molar-refractivity contribution in [3.63, 3.8) is 0 Å². The van der Waals surface area contributed by atoms with E-state index in [-0.39, 0.29) is 19.2 Å². The van der Waals surface area contributed by atoms with Crippen LogP contribution in [0.3, 0.4) is 0 Å². The zero-order valence-electron chi connectivity index (χ0n) is 15.3. The van der Waals surface area contributed by atoms with Gasteiger partial charge >= 0.3 is 0 Å². The molecule has 0 atom stereocenters. The monoisotopic (exact) mass is 449 g/mol. The predicted octanol–water partition coefficient (Wildman–Crippen LogP) is 4.83. The summed E-state index contributed by atoms with van der Waals surface area (Å²) in [4.78, 5) is 17.6. The van der Waals surface area contributed by atoms with Gasteiger partial charge in [-0.25, -0.2) is 4.98 Å². The fourth-order valence-corrected chi connectivity index (χ4v) is 3.64. The molecule has 4 aromatic rings. The first-order valence-corrected chi connectivity index (χ1v) is 9.87. The summed E-state index contributed by atoms with van der Waals surface area (Å²) in [6, 6.07) is 21.1. The van der Waals surface area contributed by atoms with Crippen LogP contribution in [0.15, 0.2) is 71.2 Å². The van der Waals surface area contributed by atoms with Crippen molar-refractivity contribution in [1.82, 2.24) is 9.55 Å². The molecule has 0 saturated carbocycles. The molecule has 6 nitrogen and oxygen atoms in total. The average molecular weight is 450 g/mol. The minimum absolute atomic E-state index is 0.139. The second kappa shape index (κ2) is 7.25. The highest BCUT2D eigenvalue weighted by Crippen LogP contribution is 2.34. The van der Waals surface area contributed by atoms with Crippen LogP contribution >= 0.6 is 15.9 Å². The normalized spacial score (nSPS) is 12.3. The van der Waals surface area contributed by atoms with Crippen molar-refractivity contribution in [2.24, 2.45) is 0 Å². The lowest BCUT2D eigenvalue weighted by Crippen LogP contribution is -2.19. The Labute approximate surface area is 175 Å². The van der Waals surface area contributed by atoms with Gasteiger partial charge in [0.05, 0.1) is 11.0 Å². The number of rotatable bonds is 4. The summed E-state index contributed by atoms with van der Waals surface area (Å²) in [6.45, 7) is 0.338. The summed E-state index contributed by atoms with van der Waals surface area (Å²) in [5, 5.41) is 2.93. The Bertz CT molecular complexity index is 1220. The summed E-state index contributed by atoms with van der Waals surface area (Å²) in [5.74, 6) is 1.91. The van der Waals surface area contributed by atoms with Gasteiger partial charge in [-0.05, 0) is 36.4 Å². The molecule has 0 unspecified atom stereocenters. The Morgan fingerprint density at radius 1 is 1.03 bits per heavy atom. The third kappa shape index (κ3) is 3.45. The number of hydrogen-bond donors (Lipinski definition) is 1. The van der Waals surface area contributed by atoms with Crippen LogP contribution in [0.2, 0.25) is 0 Å². The number of nitrogens with zero attached hydrogens (tertiary/aromatic N) is 2. The molecular weight excluding hydrogens is 434 g/mol. The number of carbonyl (C=O) groups excluding carboxylic acids is 1. The van der Waals surface area contributed by atoms with E-state index in [0.717, 1.165) is 26.9 Å². The first-order valence-electron chi connectivity index (χ1n) is 9.08. The van der Waals surface area contributed by atoms with Gasteiger partial charge in [-0.3, -0.25) is 4.79 Å². The van der Waals surface area contributed by atoms with Crippen molar-refractivity contribution < 1.29 is 14.3 Å². The minimum Gasteiger partial charge on any atom is -0.454 e. The molecule has 1 amide bonds. The van der Waals surface area contributed by atoms with Gasteiger partial charge in [-0.1, -0.05) is 40.2 Å². The standard InChI is InChI=1S/C22H16BrN3O3/c23-15-7-5-14(6-8-15)22-25-17-3-1-2-4-18(17)26(22)12-21(27)24-16-9-10-19-20(11-16)29-13-28-19/h1-11H,12-13H2,(H,24,27). The largest absolute Gasteiger partial charge is 0.454 e. The lowest BCUT2D eigenvalue weighted by atomic mass is 10.2. The Balaban J connectivity index is 1.46. The Morgan fingerprint density at radius 3 is 2.69 bits per heavy atom. The van der Waals surface area contributed by atoms with Crippen LogP contribution in [0.4, 0.5) is 5.69 Å². The predicted molar refractivity (Wildman–Crippen MR) is 114 cm³/mol. The van der Waals surface area contributed by atoms with Crippen molar-refractivity contribution in [1.29, 1.82) is 0 Å². The van der Waals surface area contributed by atoms with Crippen LogP contribution in [0.5, 0.6) is 11.5 Å². The molecule has 1 aliphatic heterocycles. The molecule has 1 aliphatic rings. The molecular formula is C22H16BrN3O3. The van der Waals surface area contributed by atoms with Crippen molar-refractivity contribution >= 4 is 38.6 Å². The van der Waals surface area contributed by atoms with E-state index < -0.39 is 0 Å². The molecule has 2 heterocycles. The first-order chi connectivity index (χ1) is 14.2. The molecule has 0 aliphatic carbocycles. The summed E-state index contributed by atoms with van der Waals surface area (Å²) >= 11 is 3.46. The average Bonchev–Trinajstić information content (AvgIpc) is 3.33. The maximum absolute atomic E-state index is 12.8. The summed E-state index contributed by atoms with van der Waals surface area (Å²) in [5.41, 5.74) is 3.36. The second-order valence-electron chi connectivity index (χ2n) is 6.63. The number of benzene rings is 3. The maximum atomic E-state index is 12.8. The zero-order chi connectivity index (χ0) is 19.8. The number of imidazole rings is 1. The Hall–Kier alpha value is -3.32. The van der Waals surface area contributed by atoms with Gasteiger partial charge < -0.3 is 19.4 Å². The van der Waals surface area contributed by atoms with Crippen LogP contribution in [-0.4, -0.2) is 22.3 Å². The van der Waals surface area contributed by atoms with Gasteiger partial charge in [0.2, 0.25) is 12.7 Å². The van der Waals surface area contributed by atoms with Crippen molar-refractivity contribution in [3.05, 3.63) is 71.2 Å². The quantitative estimate of drug-likeness (QED) is 0.484. The van der Waals surface area contributed by atoms with E-state index in [1.165, 1.54) is 0 Å². The van der Waals surface area contributed by atoms with E-state index in [2.05, 4.69) is 21.2 Å². The minimum atomic E-state index is -0.148. The van der Waals surface area contributed by atoms with Crippen LogP contribution in [0.25, 0.3) is 22.4 Å². The van der Waals surface area contributed by atoms with Gasteiger partial charge in [0.25, 0.3) is 0 Å². The van der Waals surface area contributed by atoms with Crippen LogP contribution in [0, 0.1) is 0 Å². The highest BCUT2D eigenvalue weighted by molar-refractivity contribution is 9.10. The SMILES string of the molecule is O=C(Cn1c(-c2ccc(Br)cc2)nc2ccccc21)Nc1ccc2c(c1)OCO2. The third-order valence-corrected chi connectivity index (χ3v) is 5.24. The number of anilines is 1. The maximum Gasteiger partial charge on any atom is 0.244 e. The number of amides is 1. The summed E-state index contributed by atoms with van der Waals surface area (Å²) in [7, 11) is 0. The van der Waals surface area contributed by atoms with Crippen molar-refractivity contribution in [2.45, 2.75) is 6.54 Å². The number of halogens is 1. The molecule has 1 aromatic heterocycles. The van der Waals surface area contributed by atoms with E-state index in [9.17, 15) is 4.79 Å². The number of ether oxygens (including phenoxy) is 2. The van der Waals surface area contributed by atoms with Gasteiger partial charge in [0, 0.05) is 21.8 Å². The molecule has 0 spiro atoms. The number of fused-ring (bicyclic) bond motifs is 2. The van der Waals surface area contributed by atoms with E-state index in [0.29, 0.717) is 17.2 Å². The number of carbonyl (C=O) groups is 1. The number of nitrogens with one attached hydrogen (secondary N) is 1. The smallest absolute Gasteiger partial charge is 0.244 e. The molecule has 7 heteroatoms. The molecule has 0 saturated heterocycles. The molecule has 5 rings (SSSR count).